The highest BCUT2D eigenvalue weighted by atomic mass is 16.5. The first-order valence-corrected chi connectivity index (χ1v) is 7.70. The second-order valence-electron chi connectivity index (χ2n) is 5.25. The van der Waals surface area contributed by atoms with Gasteiger partial charge >= 0.3 is 0 Å². The number of rotatable bonds is 6. The third-order valence-electron chi connectivity index (χ3n) is 3.59. The van der Waals surface area contributed by atoms with Gasteiger partial charge in [0, 0.05) is 39.1 Å². The SMILES string of the molecule is CCNC(=O)CC(=O)N1CCN(Cc2noc(CC)n2)CC1. The molecule has 122 valence electrons. The first kappa shape index (κ1) is 16.4. The minimum Gasteiger partial charge on any atom is -0.356 e. The third kappa shape index (κ3) is 4.52. The van der Waals surface area contributed by atoms with Gasteiger partial charge in [0.25, 0.3) is 0 Å². The number of aromatic nitrogens is 2. The average molecular weight is 309 g/mol. The molecule has 1 aliphatic rings. The summed E-state index contributed by atoms with van der Waals surface area (Å²) in [4.78, 5) is 31.6. The molecule has 2 rings (SSSR count). The number of piperazine rings is 1. The van der Waals surface area contributed by atoms with Crippen molar-refractivity contribution >= 4 is 11.8 Å². The van der Waals surface area contributed by atoms with E-state index in [1.165, 1.54) is 0 Å². The largest absolute Gasteiger partial charge is 0.356 e. The monoisotopic (exact) mass is 309 g/mol. The zero-order chi connectivity index (χ0) is 15.9. The zero-order valence-corrected chi connectivity index (χ0v) is 13.2. The first-order chi connectivity index (χ1) is 10.6. The Bertz CT molecular complexity index is 508. The molecule has 8 nitrogen and oxygen atoms in total. The van der Waals surface area contributed by atoms with Crippen LogP contribution in [-0.2, 0) is 22.6 Å². The molecular formula is C14H23N5O3. The minimum absolute atomic E-state index is 0.0709. The maximum Gasteiger partial charge on any atom is 0.232 e. The molecule has 1 aromatic heterocycles. The highest BCUT2D eigenvalue weighted by molar-refractivity contribution is 5.96. The normalized spacial score (nSPS) is 15.8. The number of carbonyl (C=O) groups is 2. The summed E-state index contributed by atoms with van der Waals surface area (Å²) in [5.41, 5.74) is 0. The fourth-order valence-electron chi connectivity index (χ4n) is 2.36. The van der Waals surface area contributed by atoms with Crippen molar-refractivity contribution in [2.75, 3.05) is 32.7 Å². The number of nitrogens with one attached hydrogen (secondary N) is 1. The van der Waals surface area contributed by atoms with Crippen molar-refractivity contribution in [2.45, 2.75) is 33.2 Å². The Morgan fingerprint density at radius 1 is 1.23 bits per heavy atom. The Labute approximate surface area is 129 Å². The van der Waals surface area contributed by atoms with Gasteiger partial charge in [-0.1, -0.05) is 12.1 Å². The second-order valence-corrected chi connectivity index (χ2v) is 5.25. The van der Waals surface area contributed by atoms with Crippen LogP contribution in [0.3, 0.4) is 0 Å². The van der Waals surface area contributed by atoms with Crippen LogP contribution in [0, 0.1) is 0 Å². The number of hydrogen-bond acceptors (Lipinski definition) is 6. The van der Waals surface area contributed by atoms with Gasteiger partial charge in [-0.25, -0.2) is 0 Å². The van der Waals surface area contributed by atoms with E-state index in [2.05, 4.69) is 20.4 Å². The van der Waals surface area contributed by atoms with Gasteiger partial charge in [-0.05, 0) is 6.92 Å². The molecule has 2 amide bonds. The smallest absolute Gasteiger partial charge is 0.232 e. The topological polar surface area (TPSA) is 91.6 Å². The van der Waals surface area contributed by atoms with Gasteiger partial charge < -0.3 is 14.7 Å². The summed E-state index contributed by atoms with van der Waals surface area (Å²) in [6, 6.07) is 0. The lowest BCUT2D eigenvalue weighted by Crippen LogP contribution is -2.49. The van der Waals surface area contributed by atoms with Crippen molar-refractivity contribution in [3.63, 3.8) is 0 Å². The molecule has 8 heteroatoms. The zero-order valence-electron chi connectivity index (χ0n) is 13.2. The number of carbonyl (C=O) groups excluding carboxylic acids is 2. The van der Waals surface area contributed by atoms with Crippen LogP contribution in [0.1, 0.15) is 32.0 Å². The molecular weight excluding hydrogens is 286 g/mol. The van der Waals surface area contributed by atoms with Crippen molar-refractivity contribution in [3.05, 3.63) is 11.7 Å². The maximum atomic E-state index is 12.0. The van der Waals surface area contributed by atoms with Crippen LogP contribution in [0.2, 0.25) is 0 Å². The summed E-state index contributed by atoms with van der Waals surface area (Å²) in [6.07, 6.45) is 0.660. The summed E-state index contributed by atoms with van der Waals surface area (Å²) in [5, 5.41) is 6.57. The highest BCUT2D eigenvalue weighted by Crippen LogP contribution is 2.08. The van der Waals surface area contributed by atoms with Crippen LogP contribution in [0.5, 0.6) is 0 Å². The fourth-order valence-corrected chi connectivity index (χ4v) is 2.36. The standard InChI is InChI=1S/C14H23N5O3/c1-3-13-16-11(17-22-13)10-18-5-7-19(8-6-18)14(21)9-12(20)15-4-2/h3-10H2,1-2H3,(H,15,20). The van der Waals surface area contributed by atoms with Gasteiger partial charge in [-0.2, -0.15) is 4.98 Å². The first-order valence-electron chi connectivity index (χ1n) is 7.70. The van der Waals surface area contributed by atoms with E-state index in [4.69, 9.17) is 4.52 Å². The van der Waals surface area contributed by atoms with E-state index in [0.29, 0.717) is 37.9 Å². The van der Waals surface area contributed by atoms with Gasteiger partial charge in [0.15, 0.2) is 5.82 Å². The fraction of sp³-hybridized carbons (Fsp3) is 0.714. The Morgan fingerprint density at radius 3 is 2.55 bits per heavy atom. The van der Waals surface area contributed by atoms with Crippen LogP contribution in [-0.4, -0.2) is 64.5 Å². The van der Waals surface area contributed by atoms with Gasteiger partial charge in [-0.3, -0.25) is 14.5 Å². The highest BCUT2D eigenvalue weighted by Gasteiger charge is 2.23. The van der Waals surface area contributed by atoms with E-state index in [1.807, 2.05) is 13.8 Å². The molecule has 0 spiro atoms. The van der Waals surface area contributed by atoms with E-state index < -0.39 is 0 Å². The predicted molar refractivity (Wildman–Crippen MR) is 78.8 cm³/mol. The lowest BCUT2D eigenvalue weighted by molar-refractivity contribution is -0.137. The van der Waals surface area contributed by atoms with Gasteiger partial charge in [0.05, 0.1) is 6.54 Å². The summed E-state index contributed by atoms with van der Waals surface area (Å²) in [5.74, 6) is 0.997. The van der Waals surface area contributed by atoms with Crippen molar-refractivity contribution in [2.24, 2.45) is 0 Å². The van der Waals surface area contributed by atoms with Crippen molar-refractivity contribution in [3.8, 4) is 0 Å². The predicted octanol–water partition coefficient (Wildman–Crippen LogP) is -0.198. The van der Waals surface area contributed by atoms with Gasteiger partial charge in [0.1, 0.15) is 6.42 Å². The minimum atomic E-state index is -0.214. The number of hydrogen-bond donors (Lipinski definition) is 1. The van der Waals surface area contributed by atoms with Crippen molar-refractivity contribution < 1.29 is 14.1 Å². The van der Waals surface area contributed by atoms with Crippen LogP contribution < -0.4 is 5.32 Å². The van der Waals surface area contributed by atoms with Crippen LogP contribution >= 0.6 is 0 Å². The van der Waals surface area contributed by atoms with E-state index in [1.54, 1.807) is 4.90 Å². The van der Waals surface area contributed by atoms with Gasteiger partial charge in [-0.15, -0.1) is 0 Å². The second kappa shape index (κ2) is 7.88. The summed E-state index contributed by atoms with van der Waals surface area (Å²) >= 11 is 0. The molecule has 0 aliphatic carbocycles. The Kier molecular flexibility index (Phi) is 5.88. The lowest BCUT2D eigenvalue weighted by atomic mass is 10.2. The van der Waals surface area contributed by atoms with E-state index >= 15 is 0 Å². The lowest BCUT2D eigenvalue weighted by Gasteiger charge is -2.34. The molecule has 1 N–H and O–H groups in total. The van der Waals surface area contributed by atoms with Crippen LogP contribution in [0.4, 0.5) is 0 Å². The molecule has 22 heavy (non-hydrogen) atoms. The molecule has 1 aliphatic heterocycles. The Balaban J connectivity index is 1.75. The average Bonchev–Trinajstić information content (AvgIpc) is 2.95. The molecule has 2 heterocycles. The summed E-state index contributed by atoms with van der Waals surface area (Å²) < 4.78 is 5.08. The maximum absolute atomic E-state index is 12.0. The molecule has 1 fully saturated rings. The summed E-state index contributed by atoms with van der Waals surface area (Å²) in [7, 11) is 0. The molecule has 0 bridgehead atoms. The molecule has 0 unspecified atom stereocenters. The molecule has 1 aromatic rings. The molecule has 0 aromatic carbocycles. The van der Waals surface area contributed by atoms with Crippen LogP contribution in [0.25, 0.3) is 0 Å². The quantitative estimate of drug-likeness (QED) is 0.732. The van der Waals surface area contributed by atoms with E-state index in [-0.39, 0.29) is 18.2 Å². The molecule has 0 atom stereocenters. The Morgan fingerprint density at radius 2 is 1.95 bits per heavy atom. The van der Waals surface area contributed by atoms with Crippen LogP contribution in [0.15, 0.2) is 4.52 Å². The molecule has 1 saturated heterocycles. The van der Waals surface area contributed by atoms with E-state index in [0.717, 1.165) is 19.5 Å². The van der Waals surface area contributed by atoms with E-state index in [9.17, 15) is 9.59 Å². The molecule has 0 radical (unpaired) electrons. The Hall–Kier alpha value is -1.96. The third-order valence-corrected chi connectivity index (χ3v) is 3.59. The number of aryl methyl sites for hydroxylation is 1. The number of nitrogens with zero attached hydrogens (tertiary/aromatic N) is 4. The van der Waals surface area contributed by atoms with Crippen molar-refractivity contribution in [1.82, 2.24) is 25.3 Å². The van der Waals surface area contributed by atoms with Gasteiger partial charge in [0.2, 0.25) is 17.7 Å². The molecule has 0 saturated carbocycles. The van der Waals surface area contributed by atoms with Crippen molar-refractivity contribution in [1.29, 1.82) is 0 Å². The number of amides is 2. The summed E-state index contributed by atoms with van der Waals surface area (Å²) in [6.45, 7) is 7.72.